The van der Waals surface area contributed by atoms with Crippen LogP contribution >= 0.6 is 0 Å². The summed E-state index contributed by atoms with van der Waals surface area (Å²) in [7, 11) is 2.10. The van der Waals surface area contributed by atoms with E-state index in [1.54, 1.807) is 12.3 Å². The Labute approximate surface area is 114 Å². The molecule has 1 aliphatic rings. The number of pyridine rings is 1. The maximum atomic E-state index is 12.4. The molecule has 2 N–H and O–H groups in total. The highest BCUT2D eigenvalue weighted by atomic mass is 16.2. The number of nitrogen functional groups attached to an aromatic ring is 1. The summed E-state index contributed by atoms with van der Waals surface area (Å²) in [6, 6.07) is 3.87. The smallest absolute Gasteiger partial charge is 0.228 e. The van der Waals surface area contributed by atoms with Crippen molar-refractivity contribution in [3.63, 3.8) is 0 Å². The van der Waals surface area contributed by atoms with E-state index < -0.39 is 0 Å². The molecule has 1 amide bonds. The lowest BCUT2D eigenvalue weighted by Gasteiger charge is -2.28. The van der Waals surface area contributed by atoms with Gasteiger partial charge in [-0.25, -0.2) is 0 Å². The summed E-state index contributed by atoms with van der Waals surface area (Å²) >= 11 is 0. The molecule has 1 aromatic heterocycles. The van der Waals surface area contributed by atoms with Crippen molar-refractivity contribution in [1.29, 1.82) is 0 Å². The number of anilines is 1. The van der Waals surface area contributed by atoms with Gasteiger partial charge in [-0.3, -0.25) is 9.78 Å². The molecule has 1 aromatic rings. The van der Waals surface area contributed by atoms with Crippen LogP contribution in [-0.2, 0) is 11.2 Å². The number of likely N-dealkylation sites (N-methyl/N-ethyl adjacent to an activating group) is 1. The zero-order valence-electron chi connectivity index (χ0n) is 11.7. The Balaban J connectivity index is 2.00. The monoisotopic (exact) mass is 262 g/mol. The van der Waals surface area contributed by atoms with Crippen molar-refractivity contribution in [2.75, 3.05) is 32.4 Å². The van der Waals surface area contributed by atoms with E-state index >= 15 is 0 Å². The van der Waals surface area contributed by atoms with Crippen molar-refractivity contribution in [2.24, 2.45) is 0 Å². The van der Waals surface area contributed by atoms with Crippen LogP contribution in [0.25, 0.3) is 0 Å². The second-order valence-corrected chi connectivity index (χ2v) is 5.31. The molecule has 5 heteroatoms. The average Bonchev–Trinajstić information content (AvgIpc) is 2.53. The van der Waals surface area contributed by atoms with Gasteiger partial charge in [-0.2, -0.15) is 0 Å². The third-order valence-electron chi connectivity index (χ3n) is 3.55. The normalized spacial score (nSPS) is 21.2. The largest absolute Gasteiger partial charge is 0.397 e. The minimum Gasteiger partial charge on any atom is -0.397 e. The molecule has 2 rings (SSSR count). The third kappa shape index (κ3) is 3.67. The molecular weight excluding hydrogens is 240 g/mol. The van der Waals surface area contributed by atoms with Crippen LogP contribution in [0.5, 0.6) is 0 Å². The molecule has 1 unspecified atom stereocenters. The molecule has 1 atom stereocenters. The van der Waals surface area contributed by atoms with Crippen LogP contribution in [0.15, 0.2) is 18.3 Å². The van der Waals surface area contributed by atoms with Crippen molar-refractivity contribution in [3.8, 4) is 0 Å². The van der Waals surface area contributed by atoms with Crippen molar-refractivity contribution in [3.05, 3.63) is 24.0 Å². The number of rotatable bonds is 2. The van der Waals surface area contributed by atoms with E-state index in [-0.39, 0.29) is 11.9 Å². The Morgan fingerprint density at radius 2 is 2.26 bits per heavy atom. The Hall–Kier alpha value is -1.62. The highest BCUT2D eigenvalue weighted by Crippen LogP contribution is 2.11. The van der Waals surface area contributed by atoms with Gasteiger partial charge in [0, 0.05) is 24.8 Å². The molecule has 0 saturated carbocycles. The summed E-state index contributed by atoms with van der Waals surface area (Å²) < 4.78 is 0. The van der Waals surface area contributed by atoms with Gasteiger partial charge in [0.2, 0.25) is 5.91 Å². The maximum Gasteiger partial charge on any atom is 0.228 e. The van der Waals surface area contributed by atoms with Crippen molar-refractivity contribution in [1.82, 2.24) is 14.8 Å². The van der Waals surface area contributed by atoms with E-state index in [9.17, 15) is 4.79 Å². The molecule has 104 valence electrons. The minimum absolute atomic E-state index is 0.153. The Kier molecular flexibility index (Phi) is 4.37. The first-order chi connectivity index (χ1) is 9.06. The van der Waals surface area contributed by atoms with Crippen LogP contribution in [-0.4, -0.2) is 53.4 Å². The van der Waals surface area contributed by atoms with Gasteiger partial charge in [0.25, 0.3) is 0 Å². The summed E-state index contributed by atoms with van der Waals surface area (Å²) in [6.45, 7) is 4.92. The predicted octanol–water partition coefficient (Wildman–Crippen LogP) is 0.759. The fraction of sp³-hybridized carbons (Fsp3) is 0.571. The van der Waals surface area contributed by atoms with E-state index in [0.717, 1.165) is 31.7 Å². The van der Waals surface area contributed by atoms with Crippen LogP contribution < -0.4 is 5.73 Å². The van der Waals surface area contributed by atoms with Crippen LogP contribution in [0.2, 0.25) is 0 Å². The molecule has 1 fully saturated rings. The predicted molar refractivity (Wildman–Crippen MR) is 75.6 cm³/mol. The van der Waals surface area contributed by atoms with Gasteiger partial charge in [-0.05, 0) is 39.1 Å². The molecule has 0 radical (unpaired) electrons. The molecule has 0 aromatic carbocycles. The first-order valence-electron chi connectivity index (χ1n) is 6.74. The molecule has 0 aliphatic carbocycles. The number of hydrogen-bond acceptors (Lipinski definition) is 4. The number of hydrogen-bond donors (Lipinski definition) is 1. The van der Waals surface area contributed by atoms with Crippen molar-refractivity contribution < 1.29 is 4.79 Å². The van der Waals surface area contributed by atoms with Crippen LogP contribution in [0.4, 0.5) is 5.69 Å². The molecule has 19 heavy (non-hydrogen) atoms. The number of carbonyl (C=O) groups is 1. The number of carbonyl (C=O) groups excluding carboxylic acids is 1. The van der Waals surface area contributed by atoms with E-state index in [2.05, 4.69) is 23.9 Å². The van der Waals surface area contributed by atoms with E-state index in [1.165, 1.54) is 0 Å². The van der Waals surface area contributed by atoms with E-state index in [0.29, 0.717) is 12.1 Å². The summed E-state index contributed by atoms with van der Waals surface area (Å²) in [5.74, 6) is 0.153. The van der Waals surface area contributed by atoms with Gasteiger partial charge in [0.15, 0.2) is 0 Å². The second-order valence-electron chi connectivity index (χ2n) is 5.31. The topological polar surface area (TPSA) is 62.5 Å². The first-order valence-corrected chi connectivity index (χ1v) is 6.74. The van der Waals surface area contributed by atoms with Gasteiger partial charge in [0.1, 0.15) is 0 Å². The second kappa shape index (κ2) is 6.02. The number of aromatic nitrogens is 1. The fourth-order valence-corrected chi connectivity index (χ4v) is 2.54. The fourth-order valence-electron chi connectivity index (χ4n) is 2.54. The van der Waals surface area contributed by atoms with Crippen molar-refractivity contribution in [2.45, 2.75) is 25.8 Å². The molecule has 1 saturated heterocycles. The van der Waals surface area contributed by atoms with Gasteiger partial charge in [-0.15, -0.1) is 0 Å². The summed E-state index contributed by atoms with van der Waals surface area (Å²) in [6.07, 6.45) is 2.98. The minimum atomic E-state index is 0.153. The number of nitrogens with two attached hydrogens (primary N) is 1. The number of nitrogens with zero attached hydrogens (tertiary/aromatic N) is 3. The van der Waals surface area contributed by atoms with Gasteiger partial charge in [0.05, 0.1) is 18.3 Å². The van der Waals surface area contributed by atoms with Crippen LogP contribution in [0.1, 0.15) is 19.0 Å². The summed E-state index contributed by atoms with van der Waals surface area (Å²) in [4.78, 5) is 20.8. The SMILES string of the molecule is CC1CN(C)CCCN1C(=O)Cc1ccc(N)cn1. The summed E-state index contributed by atoms with van der Waals surface area (Å²) in [5, 5.41) is 0. The Morgan fingerprint density at radius 1 is 1.47 bits per heavy atom. The average molecular weight is 262 g/mol. The zero-order chi connectivity index (χ0) is 13.8. The quantitative estimate of drug-likeness (QED) is 0.854. The van der Waals surface area contributed by atoms with Gasteiger partial charge >= 0.3 is 0 Å². The molecule has 5 nitrogen and oxygen atoms in total. The zero-order valence-corrected chi connectivity index (χ0v) is 11.7. The Morgan fingerprint density at radius 3 is 2.95 bits per heavy atom. The molecule has 0 spiro atoms. The lowest BCUT2D eigenvalue weighted by Crippen LogP contribution is -2.42. The van der Waals surface area contributed by atoms with Gasteiger partial charge in [-0.1, -0.05) is 0 Å². The Bertz CT molecular complexity index is 432. The molecule has 1 aliphatic heterocycles. The highest BCUT2D eigenvalue weighted by molar-refractivity contribution is 5.78. The van der Waals surface area contributed by atoms with Crippen LogP contribution in [0, 0.1) is 0 Å². The molecule has 0 bridgehead atoms. The first kappa shape index (κ1) is 13.8. The van der Waals surface area contributed by atoms with Crippen LogP contribution in [0.3, 0.4) is 0 Å². The summed E-state index contributed by atoms with van der Waals surface area (Å²) in [5.41, 5.74) is 7.00. The van der Waals surface area contributed by atoms with E-state index in [4.69, 9.17) is 5.73 Å². The maximum absolute atomic E-state index is 12.4. The third-order valence-corrected chi connectivity index (χ3v) is 3.55. The lowest BCUT2D eigenvalue weighted by molar-refractivity contribution is -0.132. The lowest BCUT2D eigenvalue weighted by atomic mass is 10.2. The number of amides is 1. The standard InChI is InChI=1S/C14H22N4O/c1-11-10-17(2)6-3-7-18(11)14(19)8-13-5-4-12(15)9-16-13/h4-5,9,11H,3,6-8,10,15H2,1-2H3. The molecule has 2 heterocycles. The highest BCUT2D eigenvalue weighted by Gasteiger charge is 2.24. The van der Waals surface area contributed by atoms with E-state index in [1.807, 2.05) is 11.0 Å². The van der Waals surface area contributed by atoms with Gasteiger partial charge < -0.3 is 15.5 Å². The molecular formula is C14H22N4O. The van der Waals surface area contributed by atoms with Crippen molar-refractivity contribution >= 4 is 11.6 Å².